The lowest BCUT2D eigenvalue weighted by Crippen LogP contribution is -2.48. The molecule has 0 saturated carbocycles. The first-order chi connectivity index (χ1) is 8.70. The van der Waals surface area contributed by atoms with Gasteiger partial charge in [0.2, 0.25) is 0 Å². The van der Waals surface area contributed by atoms with Gasteiger partial charge in [0.25, 0.3) is 0 Å². The first kappa shape index (κ1) is 12.1. The summed E-state index contributed by atoms with van der Waals surface area (Å²) in [4.78, 5) is 0. The molecule has 18 heavy (non-hydrogen) atoms. The Morgan fingerprint density at radius 2 is 2.28 bits per heavy atom. The summed E-state index contributed by atoms with van der Waals surface area (Å²) in [6.45, 7) is 5.65. The van der Waals surface area contributed by atoms with Crippen molar-refractivity contribution >= 4 is 0 Å². The van der Waals surface area contributed by atoms with Crippen molar-refractivity contribution in [1.29, 1.82) is 0 Å². The summed E-state index contributed by atoms with van der Waals surface area (Å²) in [5.41, 5.74) is 2.12. The second-order valence-electron chi connectivity index (χ2n) is 5.80. The smallest absolute Gasteiger partial charge is 0.126 e. The molecule has 1 aromatic carbocycles. The molecule has 2 aliphatic heterocycles. The van der Waals surface area contributed by atoms with Crippen molar-refractivity contribution in [3.8, 4) is 0 Å². The summed E-state index contributed by atoms with van der Waals surface area (Å²) in [6, 6.07) is 5.53. The molecule has 2 nitrogen and oxygen atoms in total. The van der Waals surface area contributed by atoms with E-state index in [1.54, 1.807) is 6.07 Å². The highest BCUT2D eigenvalue weighted by Crippen LogP contribution is 2.40. The van der Waals surface area contributed by atoms with Crippen molar-refractivity contribution < 1.29 is 9.13 Å². The van der Waals surface area contributed by atoms with Crippen LogP contribution in [0.15, 0.2) is 18.2 Å². The van der Waals surface area contributed by atoms with E-state index in [2.05, 4.69) is 5.32 Å². The SMILES string of the molecule is Cc1cc(C2(CC3CCNC3)COC2)ccc1F. The van der Waals surface area contributed by atoms with Gasteiger partial charge in [-0.05, 0) is 56.0 Å². The van der Waals surface area contributed by atoms with Crippen LogP contribution in [0.25, 0.3) is 0 Å². The monoisotopic (exact) mass is 249 g/mol. The Labute approximate surface area is 108 Å². The number of halogens is 1. The predicted octanol–water partition coefficient (Wildman–Crippen LogP) is 2.40. The van der Waals surface area contributed by atoms with Gasteiger partial charge in [-0.3, -0.25) is 0 Å². The van der Waals surface area contributed by atoms with Crippen molar-refractivity contribution in [2.45, 2.75) is 25.2 Å². The lowest BCUT2D eigenvalue weighted by Gasteiger charge is -2.43. The highest BCUT2D eigenvalue weighted by Gasteiger charge is 2.42. The van der Waals surface area contributed by atoms with Crippen LogP contribution < -0.4 is 5.32 Å². The molecule has 2 saturated heterocycles. The fourth-order valence-corrected chi connectivity index (χ4v) is 3.17. The average Bonchev–Trinajstić information content (AvgIpc) is 2.80. The van der Waals surface area contributed by atoms with E-state index in [1.165, 1.54) is 12.0 Å². The van der Waals surface area contributed by atoms with Gasteiger partial charge < -0.3 is 10.1 Å². The summed E-state index contributed by atoms with van der Waals surface area (Å²) in [7, 11) is 0. The first-order valence-corrected chi connectivity index (χ1v) is 6.75. The molecule has 3 rings (SSSR count). The quantitative estimate of drug-likeness (QED) is 0.888. The minimum absolute atomic E-state index is 0.114. The number of hydrogen-bond acceptors (Lipinski definition) is 2. The van der Waals surface area contributed by atoms with E-state index >= 15 is 0 Å². The predicted molar refractivity (Wildman–Crippen MR) is 69.2 cm³/mol. The number of benzene rings is 1. The molecular weight excluding hydrogens is 229 g/mol. The third-order valence-electron chi connectivity index (χ3n) is 4.37. The van der Waals surface area contributed by atoms with E-state index in [0.29, 0.717) is 0 Å². The molecule has 0 aliphatic carbocycles. The summed E-state index contributed by atoms with van der Waals surface area (Å²) in [5.74, 6) is 0.621. The lowest BCUT2D eigenvalue weighted by atomic mass is 9.71. The Kier molecular flexibility index (Phi) is 3.12. The largest absolute Gasteiger partial charge is 0.379 e. The lowest BCUT2D eigenvalue weighted by molar-refractivity contribution is -0.0706. The zero-order chi connectivity index (χ0) is 12.6. The van der Waals surface area contributed by atoms with Crippen LogP contribution in [0.4, 0.5) is 4.39 Å². The van der Waals surface area contributed by atoms with Crippen molar-refractivity contribution in [2.75, 3.05) is 26.3 Å². The summed E-state index contributed by atoms with van der Waals surface area (Å²) < 4.78 is 18.8. The molecule has 1 atom stereocenters. The van der Waals surface area contributed by atoms with Gasteiger partial charge in [0.15, 0.2) is 0 Å². The zero-order valence-electron chi connectivity index (χ0n) is 10.8. The molecular formula is C15H20FNO. The minimum Gasteiger partial charge on any atom is -0.379 e. The van der Waals surface area contributed by atoms with Gasteiger partial charge in [-0.15, -0.1) is 0 Å². The summed E-state index contributed by atoms with van der Waals surface area (Å²) in [6.07, 6.45) is 2.41. The van der Waals surface area contributed by atoms with Crippen molar-refractivity contribution in [3.05, 3.63) is 35.1 Å². The first-order valence-electron chi connectivity index (χ1n) is 6.75. The second-order valence-corrected chi connectivity index (χ2v) is 5.80. The molecule has 1 aromatic rings. The molecule has 0 aromatic heterocycles. The average molecular weight is 249 g/mol. The fourth-order valence-electron chi connectivity index (χ4n) is 3.17. The molecule has 1 N–H and O–H groups in total. The number of ether oxygens (including phenoxy) is 1. The number of aryl methyl sites for hydroxylation is 1. The Morgan fingerprint density at radius 3 is 2.83 bits per heavy atom. The van der Waals surface area contributed by atoms with Crippen LogP contribution in [0.3, 0.4) is 0 Å². The third kappa shape index (κ3) is 2.06. The van der Waals surface area contributed by atoms with Crippen LogP contribution in [0.2, 0.25) is 0 Å². The van der Waals surface area contributed by atoms with Gasteiger partial charge in [-0.25, -0.2) is 4.39 Å². The summed E-state index contributed by atoms with van der Waals surface area (Å²) >= 11 is 0. The molecule has 2 aliphatic rings. The van der Waals surface area contributed by atoms with E-state index in [4.69, 9.17) is 4.74 Å². The van der Waals surface area contributed by atoms with Crippen molar-refractivity contribution in [1.82, 2.24) is 5.32 Å². The van der Waals surface area contributed by atoms with Gasteiger partial charge in [-0.2, -0.15) is 0 Å². The maximum absolute atomic E-state index is 13.4. The second kappa shape index (κ2) is 4.63. The van der Waals surface area contributed by atoms with Crippen molar-refractivity contribution in [3.63, 3.8) is 0 Å². The molecule has 3 heteroatoms. The Balaban J connectivity index is 1.83. The standard InChI is InChI=1S/C15H20FNO/c1-11-6-13(2-3-14(11)16)15(9-18-10-15)7-12-4-5-17-8-12/h2-3,6,12,17H,4-5,7-10H2,1H3. The topological polar surface area (TPSA) is 21.3 Å². The number of rotatable bonds is 3. The van der Waals surface area contributed by atoms with E-state index in [-0.39, 0.29) is 11.2 Å². The van der Waals surface area contributed by atoms with Gasteiger partial charge in [0.1, 0.15) is 5.82 Å². The zero-order valence-corrected chi connectivity index (χ0v) is 10.8. The van der Waals surface area contributed by atoms with Crippen molar-refractivity contribution in [2.24, 2.45) is 5.92 Å². The number of nitrogens with one attached hydrogen (secondary N) is 1. The molecule has 2 fully saturated rings. The molecule has 0 radical (unpaired) electrons. The maximum Gasteiger partial charge on any atom is 0.126 e. The molecule has 0 spiro atoms. The molecule has 1 unspecified atom stereocenters. The van der Waals surface area contributed by atoms with Gasteiger partial charge >= 0.3 is 0 Å². The highest BCUT2D eigenvalue weighted by atomic mass is 19.1. The highest BCUT2D eigenvalue weighted by molar-refractivity contribution is 5.32. The third-order valence-corrected chi connectivity index (χ3v) is 4.37. The normalized spacial score (nSPS) is 26.0. The van der Waals surface area contributed by atoms with Crippen LogP contribution in [0.1, 0.15) is 24.0 Å². The number of hydrogen-bond donors (Lipinski definition) is 1. The summed E-state index contributed by atoms with van der Waals surface area (Å²) in [5, 5.41) is 3.41. The van der Waals surface area contributed by atoms with E-state index in [1.807, 2.05) is 19.1 Å². The Hall–Kier alpha value is -0.930. The van der Waals surface area contributed by atoms with E-state index in [9.17, 15) is 4.39 Å². The van der Waals surface area contributed by atoms with Crippen LogP contribution in [0, 0.1) is 18.7 Å². The van der Waals surface area contributed by atoms with Crippen LogP contribution >= 0.6 is 0 Å². The fraction of sp³-hybridized carbons (Fsp3) is 0.600. The molecule has 0 amide bonds. The van der Waals surface area contributed by atoms with Gasteiger partial charge in [0, 0.05) is 5.41 Å². The minimum atomic E-state index is -0.114. The van der Waals surface area contributed by atoms with Gasteiger partial charge in [-0.1, -0.05) is 12.1 Å². The van der Waals surface area contributed by atoms with Crippen LogP contribution in [-0.4, -0.2) is 26.3 Å². The molecule has 98 valence electrons. The maximum atomic E-state index is 13.4. The Morgan fingerprint density at radius 1 is 1.44 bits per heavy atom. The van der Waals surface area contributed by atoms with E-state index in [0.717, 1.165) is 44.2 Å². The van der Waals surface area contributed by atoms with Crippen LogP contribution in [-0.2, 0) is 10.2 Å². The van der Waals surface area contributed by atoms with E-state index < -0.39 is 0 Å². The van der Waals surface area contributed by atoms with Crippen LogP contribution in [0.5, 0.6) is 0 Å². The Bertz CT molecular complexity index is 436. The molecule has 0 bridgehead atoms. The van der Waals surface area contributed by atoms with Gasteiger partial charge in [0.05, 0.1) is 13.2 Å². The molecule has 2 heterocycles.